The number of benzene rings is 1. The Hall–Kier alpha value is -1.88. The Labute approximate surface area is 81.2 Å². The molecular formula is C9H11N3O2. The molecule has 5 N–H and O–H groups in total. The largest absolute Gasteiger partial charge is 0.411 e. The summed E-state index contributed by atoms with van der Waals surface area (Å²) in [6, 6.07) is 6.81. The number of rotatable bonds is 2. The van der Waals surface area contributed by atoms with E-state index in [0.717, 1.165) is 5.56 Å². The highest BCUT2D eigenvalue weighted by atomic mass is 16.6. The zero-order valence-corrected chi connectivity index (χ0v) is 7.49. The molecule has 1 amide bonds. The second-order valence-corrected chi connectivity index (χ2v) is 2.65. The lowest BCUT2D eigenvalue weighted by Gasteiger charge is -2.03. The Balaban J connectivity index is 2.76. The van der Waals surface area contributed by atoms with Gasteiger partial charge in [-0.25, -0.2) is 4.79 Å². The lowest BCUT2D eigenvalue weighted by molar-refractivity contribution is 0.208. The van der Waals surface area contributed by atoms with Crippen molar-refractivity contribution in [2.75, 3.05) is 0 Å². The number of hydrogen-bond acceptors (Lipinski definition) is 4. The number of nitrogens with two attached hydrogens (primary N) is 2. The van der Waals surface area contributed by atoms with Crippen LogP contribution in [0.4, 0.5) is 4.79 Å². The normalized spacial score (nSPS) is 9.50. The predicted molar refractivity (Wildman–Crippen MR) is 51.8 cm³/mol. The van der Waals surface area contributed by atoms with E-state index in [2.05, 4.69) is 4.74 Å². The van der Waals surface area contributed by atoms with Gasteiger partial charge in [-0.15, -0.1) is 0 Å². The summed E-state index contributed by atoms with van der Waals surface area (Å²) >= 11 is 0. The molecule has 0 bridgehead atoms. The van der Waals surface area contributed by atoms with Crippen molar-refractivity contribution in [1.29, 1.82) is 5.41 Å². The van der Waals surface area contributed by atoms with E-state index in [4.69, 9.17) is 16.9 Å². The number of hydrogen-bond donors (Lipinski definition) is 3. The molecule has 1 aromatic carbocycles. The van der Waals surface area contributed by atoms with E-state index in [1.165, 1.54) is 0 Å². The van der Waals surface area contributed by atoms with Crippen molar-refractivity contribution < 1.29 is 9.53 Å². The molecule has 5 nitrogen and oxygen atoms in total. The SMILES string of the molecule is N=C(OC(N)=O)c1ccc(CN)cc1. The lowest BCUT2D eigenvalue weighted by atomic mass is 10.1. The van der Waals surface area contributed by atoms with Gasteiger partial charge in [-0.2, -0.15) is 0 Å². The number of nitrogens with one attached hydrogen (secondary N) is 1. The van der Waals surface area contributed by atoms with Gasteiger partial charge >= 0.3 is 6.09 Å². The Morgan fingerprint density at radius 3 is 2.36 bits per heavy atom. The predicted octanol–water partition coefficient (Wildman–Crippen LogP) is 0.566. The van der Waals surface area contributed by atoms with Gasteiger partial charge in [-0.05, 0) is 17.7 Å². The first-order valence-corrected chi connectivity index (χ1v) is 3.98. The minimum Gasteiger partial charge on any atom is -0.391 e. The van der Waals surface area contributed by atoms with E-state index in [-0.39, 0.29) is 5.90 Å². The summed E-state index contributed by atoms with van der Waals surface area (Å²) in [5, 5.41) is 7.33. The van der Waals surface area contributed by atoms with Crippen LogP contribution in [-0.4, -0.2) is 12.0 Å². The molecule has 0 spiro atoms. The zero-order valence-electron chi connectivity index (χ0n) is 7.49. The van der Waals surface area contributed by atoms with Crippen molar-refractivity contribution >= 4 is 12.0 Å². The van der Waals surface area contributed by atoms with Crippen molar-refractivity contribution in [3.05, 3.63) is 35.4 Å². The van der Waals surface area contributed by atoms with Crippen LogP contribution in [0.3, 0.4) is 0 Å². The first-order chi connectivity index (χ1) is 6.63. The van der Waals surface area contributed by atoms with Crippen LogP contribution >= 0.6 is 0 Å². The highest BCUT2D eigenvalue weighted by Crippen LogP contribution is 2.05. The Kier molecular flexibility index (Phi) is 3.19. The fourth-order valence-electron chi connectivity index (χ4n) is 0.952. The average molecular weight is 193 g/mol. The van der Waals surface area contributed by atoms with Gasteiger partial charge in [0.25, 0.3) is 0 Å². The monoisotopic (exact) mass is 193 g/mol. The summed E-state index contributed by atoms with van der Waals surface area (Å²) < 4.78 is 4.40. The van der Waals surface area contributed by atoms with Crippen LogP contribution < -0.4 is 11.5 Å². The molecule has 1 aromatic rings. The van der Waals surface area contributed by atoms with Gasteiger partial charge in [-0.3, -0.25) is 5.41 Å². The van der Waals surface area contributed by atoms with Crippen molar-refractivity contribution in [3.63, 3.8) is 0 Å². The summed E-state index contributed by atoms with van der Waals surface area (Å²) in [6.45, 7) is 0.435. The topological polar surface area (TPSA) is 102 Å². The maximum atomic E-state index is 10.3. The quantitative estimate of drug-likeness (QED) is 0.472. The number of amides is 1. The number of carbonyl (C=O) groups is 1. The first-order valence-electron chi connectivity index (χ1n) is 3.98. The van der Waals surface area contributed by atoms with E-state index in [1.54, 1.807) is 24.3 Å². The molecule has 5 heteroatoms. The molecule has 0 aromatic heterocycles. The molecule has 0 heterocycles. The van der Waals surface area contributed by atoms with Crippen LogP contribution in [0.25, 0.3) is 0 Å². The Morgan fingerprint density at radius 1 is 1.36 bits per heavy atom. The molecule has 14 heavy (non-hydrogen) atoms. The minimum atomic E-state index is -0.988. The summed E-state index contributed by atoms with van der Waals surface area (Å²) in [5.41, 5.74) is 11.6. The van der Waals surface area contributed by atoms with Crippen LogP contribution in [0.5, 0.6) is 0 Å². The maximum absolute atomic E-state index is 10.3. The third-order valence-corrected chi connectivity index (χ3v) is 1.65. The average Bonchev–Trinajstić information content (AvgIpc) is 2.17. The third kappa shape index (κ3) is 2.56. The molecule has 74 valence electrons. The van der Waals surface area contributed by atoms with E-state index in [1.807, 2.05) is 0 Å². The van der Waals surface area contributed by atoms with Crippen LogP contribution in [0.1, 0.15) is 11.1 Å². The van der Waals surface area contributed by atoms with E-state index < -0.39 is 6.09 Å². The van der Waals surface area contributed by atoms with Crippen molar-refractivity contribution in [1.82, 2.24) is 0 Å². The summed E-state index contributed by atoms with van der Waals surface area (Å²) in [4.78, 5) is 10.3. The number of primary amides is 1. The zero-order chi connectivity index (χ0) is 10.6. The molecule has 0 unspecified atom stereocenters. The van der Waals surface area contributed by atoms with Gasteiger partial charge in [0.2, 0.25) is 5.90 Å². The van der Waals surface area contributed by atoms with Crippen molar-refractivity contribution in [2.45, 2.75) is 6.54 Å². The minimum absolute atomic E-state index is 0.263. The van der Waals surface area contributed by atoms with Crippen LogP contribution in [-0.2, 0) is 11.3 Å². The summed E-state index contributed by atoms with van der Waals surface area (Å²) in [5.74, 6) is -0.263. The van der Waals surface area contributed by atoms with Gasteiger partial charge in [0, 0.05) is 12.1 Å². The molecule has 0 aliphatic rings. The van der Waals surface area contributed by atoms with Gasteiger partial charge in [0.15, 0.2) is 0 Å². The molecular weight excluding hydrogens is 182 g/mol. The maximum Gasteiger partial charge on any atom is 0.411 e. The summed E-state index contributed by atoms with van der Waals surface area (Å²) in [7, 11) is 0. The lowest BCUT2D eigenvalue weighted by Crippen LogP contribution is -2.18. The van der Waals surface area contributed by atoms with Crippen LogP contribution in [0.2, 0.25) is 0 Å². The van der Waals surface area contributed by atoms with Crippen molar-refractivity contribution in [2.24, 2.45) is 11.5 Å². The second kappa shape index (κ2) is 4.38. The first kappa shape index (κ1) is 10.2. The molecule has 0 saturated heterocycles. The van der Waals surface area contributed by atoms with E-state index in [9.17, 15) is 4.79 Å². The van der Waals surface area contributed by atoms with E-state index in [0.29, 0.717) is 12.1 Å². The smallest absolute Gasteiger partial charge is 0.391 e. The van der Waals surface area contributed by atoms with Gasteiger partial charge in [0.05, 0.1) is 0 Å². The number of ether oxygens (including phenoxy) is 1. The molecule has 0 radical (unpaired) electrons. The molecule has 0 aliphatic heterocycles. The van der Waals surface area contributed by atoms with E-state index >= 15 is 0 Å². The van der Waals surface area contributed by atoms with Crippen LogP contribution in [0.15, 0.2) is 24.3 Å². The van der Waals surface area contributed by atoms with Gasteiger partial charge < -0.3 is 16.2 Å². The third-order valence-electron chi connectivity index (χ3n) is 1.65. The molecule has 0 saturated carbocycles. The number of carbonyl (C=O) groups excluding carboxylic acids is 1. The van der Waals surface area contributed by atoms with Crippen molar-refractivity contribution in [3.8, 4) is 0 Å². The Morgan fingerprint density at radius 2 is 1.93 bits per heavy atom. The standard InChI is InChI=1S/C9H11N3O2/c10-5-6-1-3-7(4-2-6)8(11)14-9(12)13/h1-4,11H,5,10H2,(H2,12,13). The second-order valence-electron chi connectivity index (χ2n) is 2.65. The fraction of sp³-hybridized carbons (Fsp3) is 0.111. The highest BCUT2D eigenvalue weighted by Gasteiger charge is 2.05. The summed E-state index contributed by atoms with van der Waals surface area (Å²) in [6.07, 6.45) is -0.988. The molecule has 0 fully saturated rings. The molecule has 1 rings (SSSR count). The Bertz CT molecular complexity index is 346. The van der Waals surface area contributed by atoms with Gasteiger partial charge in [0.1, 0.15) is 0 Å². The highest BCUT2D eigenvalue weighted by molar-refractivity contribution is 5.97. The fourth-order valence-corrected chi connectivity index (χ4v) is 0.952. The van der Waals surface area contributed by atoms with Gasteiger partial charge in [-0.1, -0.05) is 12.1 Å². The van der Waals surface area contributed by atoms with Crippen LogP contribution in [0, 0.1) is 5.41 Å². The molecule has 0 aliphatic carbocycles. The molecule has 0 atom stereocenters.